The Morgan fingerprint density at radius 1 is 1.27 bits per heavy atom. The summed E-state index contributed by atoms with van der Waals surface area (Å²) in [5.41, 5.74) is 0.0623. The lowest BCUT2D eigenvalue weighted by Crippen LogP contribution is -2.59. The van der Waals surface area contributed by atoms with Crippen LogP contribution in [0.15, 0.2) is 30.7 Å². The van der Waals surface area contributed by atoms with Crippen molar-refractivity contribution in [1.29, 1.82) is 0 Å². The lowest BCUT2D eigenvalue weighted by atomic mass is 9.94. The molecule has 2 fully saturated rings. The van der Waals surface area contributed by atoms with Crippen LogP contribution < -0.4 is 4.90 Å². The van der Waals surface area contributed by atoms with Crippen molar-refractivity contribution in [3.63, 3.8) is 0 Å². The summed E-state index contributed by atoms with van der Waals surface area (Å²) in [6.45, 7) is 5.47. The first-order valence-electron chi connectivity index (χ1n) is 11.1. The van der Waals surface area contributed by atoms with Crippen molar-refractivity contribution in [1.82, 2.24) is 25.1 Å². The van der Waals surface area contributed by atoms with Gasteiger partial charge >= 0.3 is 6.09 Å². The molecule has 2 unspecified atom stereocenters. The van der Waals surface area contributed by atoms with Crippen LogP contribution in [0.4, 0.5) is 15.1 Å². The number of amides is 1. The number of piperidine rings is 1. The van der Waals surface area contributed by atoms with E-state index in [0.29, 0.717) is 24.5 Å². The SMILES string of the molecule is CN(c1ncc(-c2cc3ccncc3s2)nn1)[C@H]1CC2CCC([C@H]1F)N2C(=O)OC(C)(C)C. The van der Waals surface area contributed by atoms with E-state index in [1.165, 1.54) is 0 Å². The molecule has 2 bridgehead atoms. The second-order valence-corrected chi connectivity index (χ2v) is 10.8. The fourth-order valence-corrected chi connectivity index (χ4v) is 5.77. The molecule has 0 aromatic carbocycles. The molecule has 0 aliphatic carbocycles. The molecular weight excluding hydrogens is 443 g/mol. The molecule has 0 N–H and O–H groups in total. The van der Waals surface area contributed by atoms with Gasteiger partial charge in [0.2, 0.25) is 5.95 Å². The van der Waals surface area contributed by atoms with E-state index in [-0.39, 0.29) is 6.04 Å². The Labute approximate surface area is 195 Å². The van der Waals surface area contributed by atoms with E-state index in [4.69, 9.17) is 4.74 Å². The molecule has 33 heavy (non-hydrogen) atoms. The van der Waals surface area contributed by atoms with Crippen molar-refractivity contribution >= 4 is 33.5 Å². The Morgan fingerprint density at radius 2 is 2.09 bits per heavy atom. The van der Waals surface area contributed by atoms with Gasteiger partial charge in [-0.3, -0.25) is 9.88 Å². The molecular formula is C23H27FN6O2S. The molecule has 3 aromatic heterocycles. The second kappa shape index (κ2) is 8.16. The van der Waals surface area contributed by atoms with E-state index < -0.39 is 29.9 Å². The van der Waals surface area contributed by atoms with Gasteiger partial charge in [0, 0.05) is 25.5 Å². The minimum atomic E-state index is -1.22. The van der Waals surface area contributed by atoms with Crippen LogP contribution in [-0.4, -0.2) is 68.1 Å². The number of fused-ring (bicyclic) bond motifs is 3. The van der Waals surface area contributed by atoms with Gasteiger partial charge in [0.15, 0.2) is 0 Å². The molecule has 2 saturated heterocycles. The third-order valence-corrected chi connectivity index (χ3v) is 7.45. The number of hydrogen-bond acceptors (Lipinski definition) is 8. The van der Waals surface area contributed by atoms with Gasteiger partial charge in [-0.1, -0.05) is 0 Å². The fraction of sp³-hybridized carbons (Fsp3) is 0.522. The largest absolute Gasteiger partial charge is 0.444 e. The van der Waals surface area contributed by atoms with Crippen molar-refractivity contribution < 1.29 is 13.9 Å². The molecule has 4 atom stereocenters. The zero-order chi connectivity index (χ0) is 23.3. The summed E-state index contributed by atoms with van der Waals surface area (Å²) in [7, 11) is 1.79. The Morgan fingerprint density at radius 3 is 2.79 bits per heavy atom. The first-order chi connectivity index (χ1) is 15.7. The number of carbonyl (C=O) groups is 1. The summed E-state index contributed by atoms with van der Waals surface area (Å²) in [6.07, 6.45) is 5.51. The van der Waals surface area contributed by atoms with Gasteiger partial charge in [0.05, 0.1) is 27.9 Å². The van der Waals surface area contributed by atoms with Crippen molar-refractivity contribution in [3.8, 4) is 10.6 Å². The molecule has 10 heteroatoms. The summed E-state index contributed by atoms with van der Waals surface area (Å²) in [4.78, 5) is 25.6. The van der Waals surface area contributed by atoms with E-state index in [9.17, 15) is 4.79 Å². The van der Waals surface area contributed by atoms with Crippen LogP contribution >= 0.6 is 11.3 Å². The van der Waals surface area contributed by atoms with Crippen molar-refractivity contribution in [2.24, 2.45) is 0 Å². The molecule has 1 amide bonds. The monoisotopic (exact) mass is 470 g/mol. The molecule has 174 valence electrons. The molecule has 0 saturated carbocycles. The fourth-order valence-electron chi connectivity index (χ4n) is 4.79. The number of rotatable bonds is 3. The Hall–Kier alpha value is -2.88. The maximum atomic E-state index is 15.6. The van der Waals surface area contributed by atoms with Crippen LogP contribution in [0.5, 0.6) is 0 Å². The highest BCUT2D eigenvalue weighted by atomic mass is 32.1. The number of aromatic nitrogens is 4. The number of carbonyl (C=O) groups excluding carboxylic acids is 1. The highest BCUT2D eigenvalue weighted by Gasteiger charge is 2.52. The van der Waals surface area contributed by atoms with Crippen LogP contribution in [0.2, 0.25) is 0 Å². The van der Waals surface area contributed by atoms with Crippen LogP contribution in [-0.2, 0) is 4.74 Å². The summed E-state index contributed by atoms with van der Waals surface area (Å²) < 4.78 is 22.2. The van der Waals surface area contributed by atoms with Gasteiger partial charge in [0.1, 0.15) is 17.5 Å². The van der Waals surface area contributed by atoms with E-state index in [0.717, 1.165) is 21.4 Å². The summed E-state index contributed by atoms with van der Waals surface area (Å²) in [6, 6.07) is 3.02. The maximum absolute atomic E-state index is 15.6. The predicted molar refractivity (Wildman–Crippen MR) is 125 cm³/mol. The molecule has 0 radical (unpaired) electrons. The lowest BCUT2D eigenvalue weighted by molar-refractivity contribution is -0.0104. The predicted octanol–water partition coefficient (Wildman–Crippen LogP) is 4.46. The Balaban J connectivity index is 1.32. The van der Waals surface area contributed by atoms with Crippen molar-refractivity contribution in [3.05, 3.63) is 30.7 Å². The molecule has 0 spiro atoms. The molecule has 5 rings (SSSR count). The molecule has 2 aliphatic rings. The number of pyridine rings is 1. The van der Waals surface area contributed by atoms with Crippen LogP contribution in [0.25, 0.3) is 20.7 Å². The number of thiophene rings is 1. The van der Waals surface area contributed by atoms with E-state index >= 15 is 4.39 Å². The number of anilines is 1. The van der Waals surface area contributed by atoms with Gasteiger partial charge in [-0.15, -0.1) is 21.5 Å². The average Bonchev–Trinajstić information content (AvgIpc) is 3.36. The highest BCUT2D eigenvalue weighted by Crippen LogP contribution is 2.40. The van der Waals surface area contributed by atoms with Gasteiger partial charge < -0.3 is 9.64 Å². The third-order valence-electron chi connectivity index (χ3n) is 6.34. The van der Waals surface area contributed by atoms with Gasteiger partial charge in [-0.2, -0.15) is 0 Å². The lowest BCUT2D eigenvalue weighted by Gasteiger charge is -2.44. The molecule has 2 aliphatic heterocycles. The van der Waals surface area contributed by atoms with Crippen LogP contribution in [0, 0.1) is 0 Å². The molecule has 3 aromatic rings. The van der Waals surface area contributed by atoms with E-state index in [1.807, 2.05) is 39.1 Å². The summed E-state index contributed by atoms with van der Waals surface area (Å²) >= 11 is 1.58. The number of ether oxygens (including phenoxy) is 1. The zero-order valence-electron chi connectivity index (χ0n) is 19.1. The van der Waals surface area contributed by atoms with Gasteiger partial charge in [0.25, 0.3) is 0 Å². The minimum absolute atomic E-state index is 0.0521. The average molecular weight is 471 g/mol. The zero-order valence-corrected chi connectivity index (χ0v) is 19.9. The van der Waals surface area contributed by atoms with Gasteiger partial charge in [-0.05, 0) is 57.6 Å². The van der Waals surface area contributed by atoms with Crippen LogP contribution in [0.1, 0.15) is 40.0 Å². The number of halogens is 1. The third kappa shape index (κ3) is 4.12. The van der Waals surface area contributed by atoms with Crippen LogP contribution in [0.3, 0.4) is 0 Å². The Kier molecular flexibility index (Phi) is 5.43. The van der Waals surface area contributed by atoms with Crippen molar-refractivity contribution in [2.75, 3.05) is 11.9 Å². The molecule has 5 heterocycles. The van der Waals surface area contributed by atoms with E-state index in [2.05, 4.69) is 20.2 Å². The Bertz CT molecular complexity index is 1130. The standard InChI is InChI=1S/C23H27FN6O2S/c1-23(2,3)32-22(31)30-14-5-6-16(30)20(24)17(10-14)29(4)21-26-11-15(27-28-21)18-9-13-7-8-25-12-19(13)33-18/h7-9,11-12,14,16-17,20H,5-6,10H2,1-4H3/t14?,16?,17-,20+/m0/s1. The number of hydrogen-bond donors (Lipinski definition) is 0. The van der Waals surface area contributed by atoms with Crippen molar-refractivity contribution in [2.45, 2.75) is 69.9 Å². The first-order valence-corrected chi connectivity index (χ1v) is 11.9. The second-order valence-electron chi connectivity index (χ2n) is 9.71. The minimum Gasteiger partial charge on any atom is -0.444 e. The summed E-state index contributed by atoms with van der Waals surface area (Å²) in [5.74, 6) is 0.374. The number of nitrogens with zero attached hydrogens (tertiary/aromatic N) is 6. The summed E-state index contributed by atoms with van der Waals surface area (Å²) in [5, 5.41) is 9.74. The normalized spacial score (nSPS) is 24.8. The first kappa shape index (κ1) is 21.9. The number of alkyl halides is 1. The smallest absolute Gasteiger partial charge is 0.410 e. The molecule has 8 nitrogen and oxygen atoms in total. The highest BCUT2D eigenvalue weighted by molar-refractivity contribution is 7.22. The van der Waals surface area contributed by atoms with Gasteiger partial charge in [-0.25, -0.2) is 14.2 Å². The van der Waals surface area contributed by atoms with E-state index in [1.54, 1.807) is 40.6 Å². The maximum Gasteiger partial charge on any atom is 0.410 e. The quantitative estimate of drug-likeness (QED) is 0.559. The topological polar surface area (TPSA) is 84.3 Å².